The quantitative estimate of drug-likeness (QED) is 0.762. The Morgan fingerprint density at radius 2 is 2.31 bits per heavy atom. The van der Waals surface area contributed by atoms with Crippen molar-refractivity contribution < 1.29 is 0 Å². The minimum atomic E-state index is 0.641. The van der Waals surface area contributed by atoms with Gasteiger partial charge in [0.2, 0.25) is 0 Å². The van der Waals surface area contributed by atoms with Crippen LogP contribution in [0.15, 0.2) is 24.3 Å². The fraction of sp³-hybridized carbons (Fsp3) is 0.417. The Morgan fingerprint density at radius 1 is 1.44 bits per heavy atom. The van der Waals surface area contributed by atoms with Gasteiger partial charge in [-0.15, -0.1) is 11.6 Å². The lowest BCUT2D eigenvalue weighted by Gasteiger charge is -2.15. The molecule has 0 amide bonds. The average molecular weight is 253 g/mol. The van der Waals surface area contributed by atoms with Crippen molar-refractivity contribution in [3.8, 4) is 0 Å². The molecule has 3 rings (SSSR count). The SMILES string of the molecule is ClCC1CCN(c2snc3ccccc23)C1. The second-order valence-corrected chi connectivity index (χ2v) is 5.32. The van der Waals surface area contributed by atoms with Crippen LogP contribution in [-0.4, -0.2) is 23.3 Å². The van der Waals surface area contributed by atoms with Gasteiger partial charge in [0.25, 0.3) is 0 Å². The highest BCUT2D eigenvalue weighted by molar-refractivity contribution is 7.11. The van der Waals surface area contributed by atoms with Gasteiger partial charge in [0.1, 0.15) is 5.00 Å². The van der Waals surface area contributed by atoms with E-state index in [1.807, 2.05) is 6.07 Å². The molecule has 84 valence electrons. The lowest BCUT2D eigenvalue weighted by Crippen LogP contribution is -2.18. The Balaban J connectivity index is 1.95. The molecule has 1 saturated heterocycles. The molecule has 1 fully saturated rings. The van der Waals surface area contributed by atoms with E-state index in [4.69, 9.17) is 11.6 Å². The topological polar surface area (TPSA) is 16.1 Å². The van der Waals surface area contributed by atoms with Gasteiger partial charge in [-0.25, -0.2) is 0 Å². The van der Waals surface area contributed by atoms with Crippen molar-refractivity contribution in [1.82, 2.24) is 4.37 Å². The highest BCUT2D eigenvalue weighted by Crippen LogP contribution is 2.34. The first kappa shape index (κ1) is 10.4. The van der Waals surface area contributed by atoms with Crippen molar-refractivity contribution in [2.45, 2.75) is 6.42 Å². The molecule has 2 aromatic rings. The molecule has 0 saturated carbocycles. The van der Waals surface area contributed by atoms with Crippen LogP contribution in [0.1, 0.15) is 6.42 Å². The highest BCUT2D eigenvalue weighted by Gasteiger charge is 2.24. The Hall–Kier alpha value is -0.800. The van der Waals surface area contributed by atoms with Crippen molar-refractivity contribution in [2.75, 3.05) is 23.9 Å². The van der Waals surface area contributed by atoms with E-state index in [-0.39, 0.29) is 0 Å². The molecule has 4 heteroatoms. The number of nitrogens with zero attached hydrogens (tertiary/aromatic N) is 2. The molecule has 1 aliphatic heterocycles. The molecule has 1 aromatic carbocycles. The third-order valence-corrected chi connectivity index (χ3v) is 4.53. The van der Waals surface area contributed by atoms with Crippen LogP contribution in [-0.2, 0) is 0 Å². The van der Waals surface area contributed by atoms with Crippen LogP contribution in [0.25, 0.3) is 10.9 Å². The van der Waals surface area contributed by atoms with Gasteiger partial charge in [-0.1, -0.05) is 12.1 Å². The molecule has 1 aromatic heterocycles. The first-order valence-corrected chi connectivity index (χ1v) is 6.84. The third-order valence-electron chi connectivity index (χ3n) is 3.16. The van der Waals surface area contributed by atoms with Crippen molar-refractivity contribution in [3.63, 3.8) is 0 Å². The van der Waals surface area contributed by atoms with Crippen molar-refractivity contribution in [3.05, 3.63) is 24.3 Å². The normalized spacial score (nSPS) is 20.8. The van der Waals surface area contributed by atoms with Gasteiger partial charge in [0.05, 0.1) is 5.52 Å². The fourth-order valence-corrected chi connectivity index (χ4v) is 3.39. The standard InChI is InChI=1S/C12H13ClN2S/c13-7-9-5-6-15(8-9)12-10-3-1-2-4-11(10)14-16-12/h1-4,9H,5-8H2. The summed E-state index contributed by atoms with van der Waals surface area (Å²) in [5, 5.41) is 2.59. The van der Waals surface area contributed by atoms with Gasteiger partial charge in [-0.05, 0) is 36.0 Å². The molecule has 0 spiro atoms. The maximum atomic E-state index is 5.91. The van der Waals surface area contributed by atoms with Crippen molar-refractivity contribution in [1.29, 1.82) is 0 Å². The predicted octanol–water partition coefficient (Wildman–Crippen LogP) is 3.36. The predicted molar refractivity (Wildman–Crippen MR) is 70.7 cm³/mol. The number of rotatable bonds is 2. The summed E-state index contributed by atoms with van der Waals surface area (Å²) >= 11 is 7.52. The van der Waals surface area contributed by atoms with Gasteiger partial charge >= 0.3 is 0 Å². The molecule has 2 heterocycles. The van der Waals surface area contributed by atoms with Crippen LogP contribution in [0.4, 0.5) is 5.00 Å². The minimum absolute atomic E-state index is 0.641. The number of aromatic nitrogens is 1. The van der Waals surface area contributed by atoms with Crippen LogP contribution in [0.2, 0.25) is 0 Å². The van der Waals surface area contributed by atoms with E-state index in [0.717, 1.165) is 24.5 Å². The summed E-state index contributed by atoms with van der Waals surface area (Å²) in [5.41, 5.74) is 1.11. The van der Waals surface area contributed by atoms with Gasteiger partial charge in [0, 0.05) is 24.4 Å². The van der Waals surface area contributed by atoms with E-state index >= 15 is 0 Å². The van der Waals surface area contributed by atoms with Gasteiger partial charge in [-0.3, -0.25) is 0 Å². The van der Waals surface area contributed by atoms with Crippen molar-refractivity contribution >= 4 is 39.0 Å². The van der Waals surface area contributed by atoms with E-state index in [1.54, 1.807) is 11.5 Å². The zero-order valence-corrected chi connectivity index (χ0v) is 10.5. The summed E-state index contributed by atoms with van der Waals surface area (Å²) in [6.07, 6.45) is 1.20. The van der Waals surface area contributed by atoms with Crippen LogP contribution < -0.4 is 4.90 Å². The number of anilines is 1. The fourth-order valence-electron chi connectivity index (χ4n) is 2.25. The molecule has 1 unspecified atom stereocenters. The molecule has 0 N–H and O–H groups in total. The van der Waals surface area contributed by atoms with Crippen molar-refractivity contribution in [2.24, 2.45) is 5.92 Å². The smallest absolute Gasteiger partial charge is 0.119 e. The van der Waals surface area contributed by atoms with Crippen LogP contribution in [0.3, 0.4) is 0 Å². The average Bonchev–Trinajstić information content (AvgIpc) is 2.94. The van der Waals surface area contributed by atoms with E-state index in [9.17, 15) is 0 Å². The minimum Gasteiger partial charge on any atom is -0.361 e. The monoisotopic (exact) mass is 252 g/mol. The molecule has 0 aliphatic carbocycles. The number of halogens is 1. The van der Waals surface area contributed by atoms with E-state index in [0.29, 0.717) is 5.92 Å². The van der Waals surface area contributed by atoms with E-state index in [1.165, 1.54) is 16.8 Å². The number of hydrogen-bond donors (Lipinski definition) is 0. The molecule has 2 nitrogen and oxygen atoms in total. The number of alkyl halides is 1. The summed E-state index contributed by atoms with van der Waals surface area (Å²) in [5.74, 6) is 1.41. The lowest BCUT2D eigenvalue weighted by molar-refractivity contribution is 0.667. The second-order valence-electron chi connectivity index (χ2n) is 4.26. The molecule has 1 atom stereocenters. The highest BCUT2D eigenvalue weighted by atomic mass is 35.5. The Morgan fingerprint density at radius 3 is 3.12 bits per heavy atom. The Kier molecular flexibility index (Phi) is 2.74. The second kappa shape index (κ2) is 4.22. The zero-order valence-electron chi connectivity index (χ0n) is 8.90. The van der Waals surface area contributed by atoms with E-state index < -0.39 is 0 Å². The summed E-state index contributed by atoms with van der Waals surface area (Å²) in [4.78, 5) is 2.42. The largest absolute Gasteiger partial charge is 0.361 e. The van der Waals surface area contributed by atoms with E-state index in [2.05, 4.69) is 27.5 Å². The Bertz CT molecular complexity index is 496. The first-order chi connectivity index (χ1) is 7.88. The van der Waals surface area contributed by atoms with Crippen LogP contribution in [0.5, 0.6) is 0 Å². The maximum absolute atomic E-state index is 5.91. The lowest BCUT2D eigenvalue weighted by atomic mass is 10.2. The molecular weight excluding hydrogens is 240 g/mol. The maximum Gasteiger partial charge on any atom is 0.119 e. The first-order valence-electron chi connectivity index (χ1n) is 5.54. The summed E-state index contributed by atoms with van der Waals surface area (Å²) in [7, 11) is 0. The van der Waals surface area contributed by atoms with Crippen LogP contribution in [0, 0.1) is 5.92 Å². The molecular formula is C12H13ClN2S. The number of hydrogen-bond acceptors (Lipinski definition) is 3. The number of benzene rings is 1. The van der Waals surface area contributed by atoms with Gasteiger partial charge in [-0.2, -0.15) is 4.37 Å². The number of fused-ring (bicyclic) bond motifs is 1. The summed E-state index contributed by atoms with van der Waals surface area (Å²) in [6, 6.07) is 8.35. The third kappa shape index (κ3) is 1.68. The van der Waals surface area contributed by atoms with Crippen LogP contribution >= 0.6 is 23.1 Å². The molecule has 1 aliphatic rings. The molecule has 0 bridgehead atoms. The Labute approximate surface area is 104 Å². The summed E-state index contributed by atoms with van der Waals surface area (Å²) < 4.78 is 4.48. The molecule has 16 heavy (non-hydrogen) atoms. The van der Waals surface area contributed by atoms with Gasteiger partial charge in [0.15, 0.2) is 0 Å². The zero-order chi connectivity index (χ0) is 11.0. The van der Waals surface area contributed by atoms with Gasteiger partial charge < -0.3 is 4.90 Å². The molecule has 0 radical (unpaired) electrons. The summed E-state index contributed by atoms with van der Waals surface area (Å²) in [6.45, 7) is 2.19.